The standard InChI is InChI=1S/C11H16ClNO3S/c1-9(13(2)17(14,15)8-12)10-6-4-5-7-11(10)16-3/h4-7,9H,8H2,1-3H3. The normalized spacial score (nSPS) is 13.7. The minimum absolute atomic E-state index is 0.324. The number of nitrogens with zero attached hydrogens (tertiary/aromatic N) is 1. The van der Waals surface area contributed by atoms with Crippen LogP contribution in [0.15, 0.2) is 24.3 Å². The SMILES string of the molecule is COc1ccccc1C(C)N(C)S(=O)(=O)CCl. The molecule has 0 saturated carbocycles. The Morgan fingerprint density at radius 3 is 2.53 bits per heavy atom. The van der Waals surface area contributed by atoms with Crippen LogP contribution in [0.3, 0.4) is 0 Å². The molecule has 1 rings (SSSR count). The van der Waals surface area contributed by atoms with Crippen molar-refractivity contribution in [1.29, 1.82) is 0 Å². The number of rotatable bonds is 5. The van der Waals surface area contributed by atoms with Crippen molar-refractivity contribution in [3.8, 4) is 5.75 Å². The maximum atomic E-state index is 11.7. The van der Waals surface area contributed by atoms with Crippen molar-refractivity contribution >= 4 is 21.6 Å². The monoisotopic (exact) mass is 277 g/mol. The fraction of sp³-hybridized carbons (Fsp3) is 0.455. The largest absolute Gasteiger partial charge is 0.496 e. The summed E-state index contributed by atoms with van der Waals surface area (Å²) in [6.45, 7) is 1.79. The van der Waals surface area contributed by atoms with Crippen LogP contribution in [-0.4, -0.2) is 32.1 Å². The summed E-state index contributed by atoms with van der Waals surface area (Å²) in [4.78, 5) is 0. The van der Waals surface area contributed by atoms with Gasteiger partial charge in [-0.05, 0) is 13.0 Å². The molecule has 96 valence electrons. The molecule has 6 heteroatoms. The van der Waals surface area contributed by atoms with Crippen molar-refractivity contribution < 1.29 is 13.2 Å². The summed E-state index contributed by atoms with van der Waals surface area (Å²) >= 11 is 5.43. The first-order valence-electron chi connectivity index (χ1n) is 5.08. The van der Waals surface area contributed by atoms with Crippen LogP contribution in [0.5, 0.6) is 5.75 Å². The molecule has 0 amide bonds. The third-order valence-electron chi connectivity index (χ3n) is 2.71. The highest BCUT2D eigenvalue weighted by Crippen LogP contribution is 2.29. The molecular weight excluding hydrogens is 262 g/mol. The van der Waals surface area contributed by atoms with Crippen LogP contribution in [0.4, 0.5) is 0 Å². The molecular formula is C11H16ClNO3S. The van der Waals surface area contributed by atoms with E-state index in [-0.39, 0.29) is 6.04 Å². The first kappa shape index (κ1) is 14.3. The molecule has 1 atom stereocenters. The summed E-state index contributed by atoms with van der Waals surface area (Å²) in [5.74, 6) is 0.664. The second kappa shape index (κ2) is 5.71. The molecule has 0 aliphatic rings. The Morgan fingerprint density at radius 2 is 2.00 bits per heavy atom. The first-order chi connectivity index (χ1) is 7.94. The van der Waals surface area contributed by atoms with Crippen LogP contribution in [0.25, 0.3) is 0 Å². The highest BCUT2D eigenvalue weighted by Gasteiger charge is 2.25. The number of halogens is 1. The van der Waals surface area contributed by atoms with Crippen LogP contribution in [0.2, 0.25) is 0 Å². The van der Waals surface area contributed by atoms with E-state index in [2.05, 4.69) is 0 Å². The topological polar surface area (TPSA) is 46.6 Å². The molecule has 0 spiro atoms. The number of alkyl halides is 1. The molecule has 0 heterocycles. The molecule has 0 aliphatic heterocycles. The Balaban J connectivity index is 3.08. The van der Waals surface area contributed by atoms with E-state index in [0.29, 0.717) is 5.75 Å². The third kappa shape index (κ3) is 3.12. The van der Waals surface area contributed by atoms with Crippen molar-refractivity contribution in [1.82, 2.24) is 4.31 Å². The maximum absolute atomic E-state index is 11.7. The third-order valence-corrected chi connectivity index (χ3v) is 5.01. The lowest BCUT2D eigenvalue weighted by molar-refractivity contribution is 0.368. The van der Waals surface area contributed by atoms with Crippen molar-refractivity contribution in [3.63, 3.8) is 0 Å². The van der Waals surface area contributed by atoms with Crippen LogP contribution >= 0.6 is 11.6 Å². The van der Waals surface area contributed by atoms with E-state index in [4.69, 9.17) is 16.3 Å². The van der Waals surface area contributed by atoms with Gasteiger partial charge < -0.3 is 4.74 Å². The van der Waals surface area contributed by atoms with Crippen LogP contribution in [-0.2, 0) is 10.0 Å². The Hall–Kier alpha value is -0.780. The quantitative estimate of drug-likeness (QED) is 0.775. The number of hydrogen-bond donors (Lipinski definition) is 0. The van der Waals surface area contributed by atoms with Gasteiger partial charge in [0.15, 0.2) is 0 Å². The number of benzene rings is 1. The van der Waals surface area contributed by atoms with Crippen molar-refractivity contribution in [2.24, 2.45) is 0 Å². The van der Waals surface area contributed by atoms with Crippen LogP contribution in [0, 0.1) is 0 Å². The van der Waals surface area contributed by atoms with Gasteiger partial charge in [-0.3, -0.25) is 0 Å². The number of para-hydroxylation sites is 1. The van der Waals surface area contributed by atoms with Gasteiger partial charge in [0.1, 0.15) is 11.0 Å². The summed E-state index contributed by atoms with van der Waals surface area (Å²) in [6, 6.07) is 6.99. The Labute approximate surface area is 107 Å². The molecule has 1 aromatic carbocycles. The summed E-state index contributed by atoms with van der Waals surface area (Å²) < 4.78 is 29.8. The minimum atomic E-state index is -3.43. The smallest absolute Gasteiger partial charge is 0.228 e. The van der Waals surface area contributed by atoms with Crippen LogP contribution < -0.4 is 4.74 Å². The lowest BCUT2D eigenvalue weighted by Gasteiger charge is -2.24. The Kier molecular flexibility index (Phi) is 4.80. The molecule has 0 fully saturated rings. The van der Waals surface area contributed by atoms with Crippen molar-refractivity contribution in [2.45, 2.75) is 13.0 Å². The van der Waals surface area contributed by atoms with Crippen molar-refractivity contribution in [3.05, 3.63) is 29.8 Å². The lowest BCUT2D eigenvalue weighted by atomic mass is 10.1. The van der Waals surface area contributed by atoms with Gasteiger partial charge in [0, 0.05) is 12.6 Å². The van der Waals surface area contributed by atoms with Gasteiger partial charge in [0.2, 0.25) is 10.0 Å². The van der Waals surface area contributed by atoms with E-state index in [1.165, 1.54) is 11.4 Å². The van der Waals surface area contributed by atoms with Gasteiger partial charge >= 0.3 is 0 Å². The molecule has 1 unspecified atom stereocenters. The molecule has 0 radical (unpaired) electrons. The summed E-state index contributed by atoms with van der Waals surface area (Å²) in [5, 5.41) is -0.428. The highest BCUT2D eigenvalue weighted by molar-refractivity contribution is 7.90. The molecule has 0 N–H and O–H groups in total. The second-order valence-electron chi connectivity index (χ2n) is 3.66. The van der Waals surface area contributed by atoms with Crippen molar-refractivity contribution in [2.75, 3.05) is 19.4 Å². The van der Waals surface area contributed by atoms with E-state index < -0.39 is 15.2 Å². The minimum Gasteiger partial charge on any atom is -0.496 e. The van der Waals surface area contributed by atoms with Gasteiger partial charge in [-0.1, -0.05) is 18.2 Å². The predicted octanol–water partition coefficient (Wildman–Crippen LogP) is 2.21. The highest BCUT2D eigenvalue weighted by atomic mass is 35.5. The fourth-order valence-corrected chi connectivity index (χ4v) is 2.74. The molecule has 0 aromatic heterocycles. The predicted molar refractivity (Wildman–Crippen MR) is 68.8 cm³/mol. The van der Waals surface area contributed by atoms with Gasteiger partial charge in [-0.2, -0.15) is 4.31 Å². The Bertz CT molecular complexity index is 475. The van der Waals surface area contributed by atoms with Gasteiger partial charge in [0.05, 0.1) is 13.2 Å². The molecule has 4 nitrogen and oxygen atoms in total. The molecule has 0 saturated heterocycles. The molecule has 0 aliphatic carbocycles. The number of hydrogen-bond acceptors (Lipinski definition) is 3. The number of ether oxygens (including phenoxy) is 1. The summed E-state index contributed by atoms with van der Waals surface area (Å²) in [7, 11) is -0.361. The zero-order valence-electron chi connectivity index (χ0n) is 10.1. The Morgan fingerprint density at radius 1 is 1.41 bits per heavy atom. The zero-order chi connectivity index (χ0) is 13.1. The number of sulfonamides is 1. The van der Waals surface area contributed by atoms with Gasteiger partial charge in [0.25, 0.3) is 0 Å². The second-order valence-corrected chi connectivity index (χ2v) is 6.27. The van der Waals surface area contributed by atoms with E-state index in [1.807, 2.05) is 18.2 Å². The zero-order valence-corrected chi connectivity index (χ0v) is 11.6. The van der Waals surface area contributed by atoms with Crippen LogP contribution in [0.1, 0.15) is 18.5 Å². The molecule has 0 bridgehead atoms. The molecule has 17 heavy (non-hydrogen) atoms. The maximum Gasteiger partial charge on any atom is 0.228 e. The van der Waals surface area contributed by atoms with E-state index in [9.17, 15) is 8.42 Å². The molecule has 1 aromatic rings. The fourth-order valence-electron chi connectivity index (χ4n) is 1.53. The number of methoxy groups -OCH3 is 1. The van der Waals surface area contributed by atoms with E-state index in [0.717, 1.165) is 5.56 Å². The lowest BCUT2D eigenvalue weighted by Crippen LogP contribution is -2.30. The average Bonchev–Trinajstić information content (AvgIpc) is 2.36. The summed E-state index contributed by atoms with van der Waals surface area (Å²) in [6.07, 6.45) is 0. The van der Waals surface area contributed by atoms with E-state index in [1.54, 1.807) is 20.1 Å². The first-order valence-corrected chi connectivity index (χ1v) is 7.23. The van der Waals surface area contributed by atoms with E-state index >= 15 is 0 Å². The summed E-state index contributed by atoms with van der Waals surface area (Å²) in [5.41, 5.74) is 0.811. The van der Waals surface area contributed by atoms with Gasteiger partial charge in [-0.15, -0.1) is 11.6 Å². The van der Waals surface area contributed by atoms with Gasteiger partial charge in [-0.25, -0.2) is 8.42 Å². The average molecular weight is 278 g/mol.